The van der Waals surface area contributed by atoms with E-state index in [0.29, 0.717) is 26.1 Å². The third-order valence-electron chi connectivity index (χ3n) is 5.73. The fourth-order valence-corrected chi connectivity index (χ4v) is 4.16. The topological polar surface area (TPSA) is 69.7 Å². The van der Waals surface area contributed by atoms with E-state index >= 15 is 0 Å². The lowest BCUT2D eigenvalue weighted by molar-refractivity contribution is -0.148. The Hall–Kier alpha value is -2.44. The molecule has 6 nitrogen and oxygen atoms in total. The first-order valence-electron chi connectivity index (χ1n) is 10.0. The number of carbonyl (C=O) groups excluding carboxylic acids is 3. The summed E-state index contributed by atoms with van der Waals surface area (Å²) < 4.78 is 13.0. The lowest BCUT2D eigenvalue weighted by Crippen LogP contribution is -2.55. The van der Waals surface area contributed by atoms with Gasteiger partial charge in [0, 0.05) is 26.7 Å². The number of piperidine rings is 2. The van der Waals surface area contributed by atoms with E-state index in [1.165, 1.54) is 12.1 Å². The molecule has 0 bridgehead atoms. The molecule has 7 heteroatoms. The molecular formula is C21H28FN3O3. The molecule has 2 fully saturated rings. The fraction of sp³-hybridized carbons (Fsp3) is 0.571. The van der Waals surface area contributed by atoms with Crippen LogP contribution in [0.5, 0.6) is 0 Å². The SMILES string of the molecule is CNC(=O)C1CCCCN1C(=O)C1CCCN(C(=O)Cc2ccc(F)cc2)C1. The summed E-state index contributed by atoms with van der Waals surface area (Å²) in [6.45, 7) is 1.61. The Kier molecular flexibility index (Phi) is 6.65. The van der Waals surface area contributed by atoms with Gasteiger partial charge >= 0.3 is 0 Å². The number of nitrogens with one attached hydrogen (secondary N) is 1. The summed E-state index contributed by atoms with van der Waals surface area (Å²) in [5, 5.41) is 2.66. The second-order valence-electron chi connectivity index (χ2n) is 7.64. The average molecular weight is 389 g/mol. The Morgan fingerprint density at radius 1 is 1.07 bits per heavy atom. The number of likely N-dealkylation sites (N-methyl/N-ethyl adjacent to an activating group) is 1. The number of likely N-dealkylation sites (tertiary alicyclic amines) is 2. The molecule has 2 saturated heterocycles. The number of amides is 3. The number of benzene rings is 1. The minimum absolute atomic E-state index is 0.0208. The van der Waals surface area contributed by atoms with Crippen LogP contribution in [0.1, 0.15) is 37.7 Å². The van der Waals surface area contributed by atoms with E-state index in [2.05, 4.69) is 5.32 Å². The first-order valence-corrected chi connectivity index (χ1v) is 10.0. The molecule has 1 aromatic carbocycles. The Bertz CT molecular complexity index is 722. The van der Waals surface area contributed by atoms with Crippen molar-refractivity contribution in [3.05, 3.63) is 35.6 Å². The van der Waals surface area contributed by atoms with Crippen LogP contribution in [-0.2, 0) is 20.8 Å². The van der Waals surface area contributed by atoms with E-state index in [0.717, 1.165) is 31.2 Å². The zero-order valence-corrected chi connectivity index (χ0v) is 16.3. The second-order valence-corrected chi connectivity index (χ2v) is 7.64. The summed E-state index contributed by atoms with van der Waals surface area (Å²) in [7, 11) is 1.59. The molecule has 2 atom stereocenters. The van der Waals surface area contributed by atoms with Crippen molar-refractivity contribution < 1.29 is 18.8 Å². The van der Waals surface area contributed by atoms with Crippen molar-refractivity contribution in [2.45, 2.75) is 44.6 Å². The fourth-order valence-electron chi connectivity index (χ4n) is 4.16. The minimum Gasteiger partial charge on any atom is -0.357 e. The van der Waals surface area contributed by atoms with Crippen molar-refractivity contribution in [1.82, 2.24) is 15.1 Å². The van der Waals surface area contributed by atoms with Crippen LogP contribution in [0, 0.1) is 11.7 Å². The molecule has 2 unspecified atom stereocenters. The summed E-state index contributed by atoms with van der Waals surface area (Å²) >= 11 is 0. The highest BCUT2D eigenvalue weighted by Crippen LogP contribution is 2.25. The molecule has 2 aliphatic rings. The van der Waals surface area contributed by atoms with Crippen molar-refractivity contribution in [3.63, 3.8) is 0 Å². The molecule has 1 N–H and O–H groups in total. The predicted molar refractivity (Wildman–Crippen MR) is 103 cm³/mol. The van der Waals surface area contributed by atoms with Crippen LogP contribution < -0.4 is 5.32 Å². The second kappa shape index (κ2) is 9.17. The monoisotopic (exact) mass is 389 g/mol. The van der Waals surface area contributed by atoms with E-state index in [1.807, 2.05) is 0 Å². The van der Waals surface area contributed by atoms with E-state index in [9.17, 15) is 18.8 Å². The van der Waals surface area contributed by atoms with Crippen LogP contribution in [0.15, 0.2) is 24.3 Å². The molecule has 0 aromatic heterocycles. The van der Waals surface area contributed by atoms with E-state index in [1.54, 1.807) is 29.0 Å². The number of hydrogen-bond donors (Lipinski definition) is 1. The van der Waals surface area contributed by atoms with Crippen molar-refractivity contribution in [1.29, 1.82) is 0 Å². The lowest BCUT2D eigenvalue weighted by atomic mass is 9.93. The van der Waals surface area contributed by atoms with Gasteiger partial charge in [0.2, 0.25) is 17.7 Å². The number of rotatable bonds is 4. The molecule has 3 rings (SSSR count). The van der Waals surface area contributed by atoms with Crippen LogP contribution in [0.25, 0.3) is 0 Å². The lowest BCUT2D eigenvalue weighted by Gasteiger charge is -2.39. The largest absolute Gasteiger partial charge is 0.357 e. The molecular weight excluding hydrogens is 361 g/mol. The van der Waals surface area contributed by atoms with Gasteiger partial charge in [-0.1, -0.05) is 12.1 Å². The molecule has 0 spiro atoms. The number of nitrogens with zero attached hydrogens (tertiary/aromatic N) is 2. The van der Waals surface area contributed by atoms with Gasteiger partial charge in [-0.15, -0.1) is 0 Å². The van der Waals surface area contributed by atoms with Crippen LogP contribution in [0.4, 0.5) is 4.39 Å². The van der Waals surface area contributed by atoms with Crippen molar-refractivity contribution >= 4 is 17.7 Å². The number of carbonyl (C=O) groups is 3. The molecule has 152 valence electrons. The maximum Gasteiger partial charge on any atom is 0.242 e. The van der Waals surface area contributed by atoms with E-state index in [-0.39, 0.29) is 35.9 Å². The summed E-state index contributed by atoms with van der Waals surface area (Å²) in [5.74, 6) is -0.783. The Balaban J connectivity index is 1.63. The highest BCUT2D eigenvalue weighted by molar-refractivity contribution is 5.89. The third kappa shape index (κ3) is 4.69. The van der Waals surface area contributed by atoms with E-state index < -0.39 is 6.04 Å². The summed E-state index contributed by atoms with van der Waals surface area (Å²) in [6.07, 6.45) is 4.23. The predicted octanol–water partition coefficient (Wildman–Crippen LogP) is 1.73. The van der Waals surface area contributed by atoms with Crippen molar-refractivity contribution in [2.75, 3.05) is 26.7 Å². The molecule has 0 radical (unpaired) electrons. The van der Waals surface area contributed by atoms with Crippen LogP contribution >= 0.6 is 0 Å². The van der Waals surface area contributed by atoms with Gasteiger partial charge in [-0.2, -0.15) is 0 Å². The third-order valence-corrected chi connectivity index (χ3v) is 5.73. The first-order chi connectivity index (χ1) is 13.5. The molecule has 0 aliphatic carbocycles. The van der Waals surface area contributed by atoms with E-state index in [4.69, 9.17) is 0 Å². The normalized spacial score (nSPS) is 22.6. The maximum absolute atomic E-state index is 13.1. The molecule has 2 heterocycles. The molecule has 0 saturated carbocycles. The summed E-state index contributed by atoms with van der Waals surface area (Å²) in [6, 6.07) is 5.51. The quantitative estimate of drug-likeness (QED) is 0.853. The minimum atomic E-state index is -0.406. The Morgan fingerprint density at radius 3 is 2.54 bits per heavy atom. The summed E-state index contributed by atoms with van der Waals surface area (Å²) in [5.41, 5.74) is 0.760. The smallest absolute Gasteiger partial charge is 0.242 e. The average Bonchev–Trinajstić information content (AvgIpc) is 2.74. The van der Waals surface area contributed by atoms with Gasteiger partial charge < -0.3 is 15.1 Å². The van der Waals surface area contributed by atoms with Crippen LogP contribution in [-0.4, -0.2) is 60.2 Å². The van der Waals surface area contributed by atoms with Gasteiger partial charge in [-0.25, -0.2) is 4.39 Å². The standard InChI is InChI=1S/C21H28FN3O3/c1-23-20(27)18-6-2-3-12-25(18)21(28)16-5-4-11-24(14-16)19(26)13-15-7-9-17(22)10-8-15/h7-10,16,18H,2-6,11-14H2,1H3,(H,23,27). The van der Waals surface area contributed by atoms with Crippen LogP contribution in [0.3, 0.4) is 0 Å². The molecule has 28 heavy (non-hydrogen) atoms. The van der Waals surface area contributed by atoms with Gasteiger partial charge in [0.15, 0.2) is 0 Å². The first kappa shape index (κ1) is 20.3. The van der Waals surface area contributed by atoms with Gasteiger partial charge in [0.1, 0.15) is 11.9 Å². The zero-order valence-electron chi connectivity index (χ0n) is 16.3. The number of hydrogen-bond acceptors (Lipinski definition) is 3. The maximum atomic E-state index is 13.1. The molecule has 1 aromatic rings. The van der Waals surface area contributed by atoms with Crippen molar-refractivity contribution in [2.24, 2.45) is 5.92 Å². The van der Waals surface area contributed by atoms with Gasteiger partial charge in [0.25, 0.3) is 0 Å². The highest BCUT2D eigenvalue weighted by Gasteiger charge is 2.37. The zero-order chi connectivity index (χ0) is 20.1. The molecule has 3 amide bonds. The summed E-state index contributed by atoms with van der Waals surface area (Å²) in [4.78, 5) is 41.4. The van der Waals surface area contributed by atoms with Crippen molar-refractivity contribution in [3.8, 4) is 0 Å². The van der Waals surface area contributed by atoms with Gasteiger partial charge in [0.05, 0.1) is 12.3 Å². The Morgan fingerprint density at radius 2 is 1.82 bits per heavy atom. The van der Waals surface area contributed by atoms with Crippen LogP contribution in [0.2, 0.25) is 0 Å². The van der Waals surface area contributed by atoms with Gasteiger partial charge in [-0.3, -0.25) is 14.4 Å². The van der Waals surface area contributed by atoms with Gasteiger partial charge in [-0.05, 0) is 49.8 Å². The Labute approximate surface area is 165 Å². The number of halogens is 1. The molecule has 2 aliphatic heterocycles. The highest BCUT2D eigenvalue weighted by atomic mass is 19.1.